The van der Waals surface area contributed by atoms with E-state index in [0.717, 1.165) is 51.6 Å². The van der Waals surface area contributed by atoms with E-state index in [-0.39, 0.29) is 0 Å². The number of hydrogen-bond acceptors (Lipinski definition) is 5. The Morgan fingerprint density at radius 2 is 1.89 bits per heavy atom. The summed E-state index contributed by atoms with van der Waals surface area (Å²) in [5, 5.41) is 12.8. The number of aliphatic hydroxyl groups is 1. The third kappa shape index (κ3) is 3.30. The largest absolute Gasteiger partial charge is 0.384 e. The highest BCUT2D eigenvalue weighted by Crippen LogP contribution is 2.36. The average molecular weight is 393 g/mol. The monoisotopic (exact) mass is 392 g/mol. The molecule has 3 aromatic heterocycles. The Morgan fingerprint density at radius 1 is 1.14 bits per heavy atom. The number of anilines is 1. The third-order valence-electron chi connectivity index (χ3n) is 5.06. The summed E-state index contributed by atoms with van der Waals surface area (Å²) in [7, 11) is 0. The van der Waals surface area contributed by atoms with Gasteiger partial charge in [-0.05, 0) is 32.4 Å². The molecular formula is C22H24N4OS. The summed E-state index contributed by atoms with van der Waals surface area (Å²) in [5.74, 6) is 0. The lowest BCUT2D eigenvalue weighted by molar-refractivity contribution is 0.220. The van der Waals surface area contributed by atoms with Crippen LogP contribution in [0.4, 0.5) is 5.13 Å². The molecule has 1 aromatic carbocycles. The number of aromatic amines is 1. The van der Waals surface area contributed by atoms with E-state index in [0.29, 0.717) is 0 Å². The molecule has 0 amide bonds. The Labute approximate surface area is 168 Å². The maximum atomic E-state index is 10.8. The number of hydrogen-bond donors (Lipinski definition) is 2. The topological polar surface area (TPSA) is 65.0 Å². The Balaban J connectivity index is 1.77. The number of nitrogens with one attached hydrogen (secondary N) is 1. The lowest BCUT2D eigenvalue weighted by Gasteiger charge is -2.16. The second-order valence-electron chi connectivity index (χ2n) is 6.75. The van der Waals surface area contributed by atoms with Gasteiger partial charge in [0.05, 0.1) is 5.69 Å². The van der Waals surface area contributed by atoms with Gasteiger partial charge < -0.3 is 15.0 Å². The lowest BCUT2D eigenvalue weighted by Crippen LogP contribution is -2.21. The van der Waals surface area contributed by atoms with Crippen LogP contribution in [0.25, 0.3) is 22.3 Å². The normalized spacial score (nSPS) is 12.4. The standard InChI is InChI=1S/C22H24N4OS/c1-4-26(5-2)22-25-19(14(3)28-22)18-13-24-21-17(18)11-16(12-23-21)20(27)15-9-7-6-8-10-15/h6-13,20,27H,4-5H2,1-3H3,(H,23,24). The van der Waals surface area contributed by atoms with E-state index >= 15 is 0 Å². The molecule has 0 saturated carbocycles. The first-order valence-electron chi connectivity index (χ1n) is 9.55. The Hall–Kier alpha value is -2.70. The van der Waals surface area contributed by atoms with Crippen molar-refractivity contribution in [2.75, 3.05) is 18.0 Å². The average Bonchev–Trinajstić information content (AvgIpc) is 3.31. The molecule has 3 heterocycles. The molecule has 0 fully saturated rings. The molecule has 5 nitrogen and oxygen atoms in total. The summed E-state index contributed by atoms with van der Waals surface area (Å²) in [5.41, 5.74) is 4.43. The summed E-state index contributed by atoms with van der Waals surface area (Å²) in [6.45, 7) is 8.27. The van der Waals surface area contributed by atoms with Crippen LogP contribution in [0.5, 0.6) is 0 Å². The van der Waals surface area contributed by atoms with Gasteiger partial charge in [0.2, 0.25) is 0 Å². The van der Waals surface area contributed by atoms with E-state index < -0.39 is 6.10 Å². The Morgan fingerprint density at radius 3 is 2.61 bits per heavy atom. The summed E-state index contributed by atoms with van der Waals surface area (Å²) < 4.78 is 0. The first-order valence-corrected chi connectivity index (χ1v) is 10.4. The van der Waals surface area contributed by atoms with Crippen molar-refractivity contribution >= 4 is 27.5 Å². The molecule has 0 spiro atoms. The van der Waals surface area contributed by atoms with Crippen LogP contribution in [-0.4, -0.2) is 33.1 Å². The maximum absolute atomic E-state index is 10.8. The quantitative estimate of drug-likeness (QED) is 0.489. The Kier molecular flexibility index (Phi) is 5.15. The zero-order chi connectivity index (χ0) is 19.7. The van der Waals surface area contributed by atoms with Gasteiger partial charge in [0.1, 0.15) is 11.8 Å². The molecule has 0 aliphatic heterocycles. The van der Waals surface area contributed by atoms with Crippen LogP contribution in [0.3, 0.4) is 0 Å². The smallest absolute Gasteiger partial charge is 0.186 e. The SMILES string of the molecule is CCN(CC)c1nc(-c2c[nH]c3ncc(C(O)c4ccccc4)cc23)c(C)s1. The Bertz CT molecular complexity index is 1080. The molecule has 1 unspecified atom stereocenters. The van der Waals surface area contributed by atoms with Gasteiger partial charge >= 0.3 is 0 Å². The molecule has 6 heteroatoms. The molecule has 0 bridgehead atoms. The van der Waals surface area contributed by atoms with Crippen LogP contribution in [0.2, 0.25) is 0 Å². The third-order valence-corrected chi connectivity index (χ3v) is 6.09. The highest BCUT2D eigenvalue weighted by atomic mass is 32.1. The van der Waals surface area contributed by atoms with E-state index in [2.05, 4.69) is 35.6 Å². The van der Waals surface area contributed by atoms with Gasteiger partial charge in [-0.2, -0.15) is 0 Å². The molecule has 1 atom stereocenters. The van der Waals surface area contributed by atoms with Crippen LogP contribution >= 0.6 is 11.3 Å². The first-order chi connectivity index (χ1) is 13.6. The number of fused-ring (bicyclic) bond motifs is 1. The fraction of sp³-hybridized carbons (Fsp3) is 0.273. The second kappa shape index (κ2) is 7.73. The van der Waals surface area contributed by atoms with Crippen LogP contribution in [0, 0.1) is 6.92 Å². The molecule has 0 radical (unpaired) electrons. The van der Waals surface area contributed by atoms with E-state index in [1.165, 1.54) is 4.88 Å². The highest BCUT2D eigenvalue weighted by Gasteiger charge is 2.18. The van der Waals surface area contributed by atoms with Crippen LogP contribution < -0.4 is 4.90 Å². The van der Waals surface area contributed by atoms with Crippen LogP contribution in [0.1, 0.15) is 36.0 Å². The van der Waals surface area contributed by atoms with Gasteiger partial charge in [-0.3, -0.25) is 0 Å². The molecule has 0 aliphatic carbocycles. The molecule has 4 aromatic rings. The van der Waals surface area contributed by atoms with Crippen molar-refractivity contribution in [1.82, 2.24) is 15.0 Å². The number of aliphatic hydroxyl groups excluding tert-OH is 1. The molecule has 0 saturated heterocycles. The lowest BCUT2D eigenvalue weighted by atomic mass is 10.0. The van der Waals surface area contributed by atoms with Crippen molar-refractivity contribution in [1.29, 1.82) is 0 Å². The van der Waals surface area contributed by atoms with Crippen LogP contribution in [0.15, 0.2) is 48.8 Å². The number of H-pyrrole nitrogens is 1. The summed E-state index contributed by atoms with van der Waals surface area (Å²) >= 11 is 1.72. The van der Waals surface area contributed by atoms with E-state index in [1.807, 2.05) is 42.6 Å². The predicted octanol–water partition coefficient (Wildman–Crippen LogP) is 4.92. The number of benzene rings is 1. The minimum absolute atomic E-state index is 0.705. The maximum Gasteiger partial charge on any atom is 0.186 e. The van der Waals surface area contributed by atoms with Crippen molar-refractivity contribution in [2.45, 2.75) is 26.9 Å². The van der Waals surface area contributed by atoms with Crippen molar-refractivity contribution in [3.63, 3.8) is 0 Å². The number of thiazole rings is 1. The number of rotatable bonds is 6. The highest BCUT2D eigenvalue weighted by molar-refractivity contribution is 7.16. The molecule has 4 rings (SSSR count). The van der Waals surface area contributed by atoms with Gasteiger partial charge in [-0.1, -0.05) is 30.3 Å². The fourth-order valence-electron chi connectivity index (χ4n) is 3.45. The van der Waals surface area contributed by atoms with E-state index in [9.17, 15) is 5.11 Å². The first kappa shape index (κ1) is 18.7. The summed E-state index contributed by atoms with van der Waals surface area (Å²) in [4.78, 5) is 16.1. The minimum Gasteiger partial charge on any atom is -0.384 e. The minimum atomic E-state index is -0.705. The van der Waals surface area contributed by atoms with Gasteiger partial charge in [0.15, 0.2) is 5.13 Å². The molecular weight excluding hydrogens is 368 g/mol. The molecule has 144 valence electrons. The zero-order valence-corrected chi connectivity index (χ0v) is 17.1. The van der Waals surface area contributed by atoms with Crippen molar-refractivity contribution in [3.8, 4) is 11.3 Å². The van der Waals surface area contributed by atoms with E-state index in [1.54, 1.807) is 17.5 Å². The van der Waals surface area contributed by atoms with Gasteiger partial charge in [0, 0.05) is 46.9 Å². The van der Waals surface area contributed by atoms with Crippen molar-refractivity contribution in [2.24, 2.45) is 0 Å². The number of nitrogens with zero attached hydrogens (tertiary/aromatic N) is 3. The fourth-order valence-corrected chi connectivity index (χ4v) is 4.50. The van der Waals surface area contributed by atoms with Gasteiger partial charge in [-0.25, -0.2) is 9.97 Å². The molecule has 0 aliphatic rings. The summed E-state index contributed by atoms with van der Waals surface area (Å²) in [6, 6.07) is 11.7. The van der Waals surface area contributed by atoms with Gasteiger partial charge in [-0.15, -0.1) is 11.3 Å². The van der Waals surface area contributed by atoms with Crippen LogP contribution in [-0.2, 0) is 0 Å². The molecule has 28 heavy (non-hydrogen) atoms. The second-order valence-corrected chi connectivity index (χ2v) is 7.94. The van der Waals surface area contributed by atoms with Crippen molar-refractivity contribution < 1.29 is 5.11 Å². The zero-order valence-electron chi connectivity index (χ0n) is 16.3. The van der Waals surface area contributed by atoms with Crippen molar-refractivity contribution in [3.05, 3.63) is 64.8 Å². The summed E-state index contributed by atoms with van der Waals surface area (Å²) in [6.07, 6.45) is 2.99. The van der Waals surface area contributed by atoms with E-state index in [4.69, 9.17) is 4.98 Å². The number of aryl methyl sites for hydroxylation is 1. The number of aromatic nitrogens is 3. The van der Waals surface area contributed by atoms with Gasteiger partial charge in [0.25, 0.3) is 0 Å². The number of pyridine rings is 1. The molecule has 2 N–H and O–H groups in total. The predicted molar refractivity (Wildman–Crippen MR) is 116 cm³/mol.